The zero-order valence-corrected chi connectivity index (χ0v) is 12.2. The van der Waals surface area contributed by atoms with Crippen LogP contribution in [-0.2, 0) is 6.42 Å². The van der Waals surface area contributed by atoms with Crippen LogP contribution in [0, 0.1) is 5.92 Å². The van der Waals surface area contributed by atoms with Crippen LogP contribution in [0.2, 0.25) is 20.1 Å². The molecule has 6 heteroatoms. The minimum atomic E-state index is -0.0143. The molecule has 0 aliphatic carbocycles. The van der Waals surface area contributed by atoms with Gasteiger partial charge in [0.2, 0.25) is 0 Å². The number of rotatable bonds is 3. The van der Waals surface area contributed by atoms with Gasteiger partial charge in [0.05, 0.1) is 25.1 Å². The summed E-state index contributed by atoms with van der Waals surface area (Å²) in [5, 5.41) is 1.56. The maximum absolute atomic E-state index is 6.06. The number of hydrogen-bond donors (Lipinski definition) is 1. The lowest BCUT2D eigenvalue weighted by Gasteiger charge is -2.14. The van der Waals surface area contributed by atoms with Crippen molar-refractivity contribution >= 4 is 63.6 Å². The van der Waals surface area contributed by atoms with Crippen LogP contribution in [-0.4, -0.2) is 4.99 Å². The van der Waals surface area contributed by atoms with Crippen LogP contribution < -0.4 is 5.73 Å². The molecule has 1 rings (SSSR count). The highest BCUT2D eigenvalue weighted by atomic mass is 35.5. The van der Waals surface area contributed by atoms with Gasteiger partial charge >= 0.3 is 0 Å². The van der Waals surface area contributed by atoms with Crippen molar-refractivity contribution in [2.45, 2.75) is 13.3 Å². The molecule has 1 atom stereocenters. The van der Waals surface area contributed by atoms with Gasteiger partial charge in [-0.1, -0.05) is 65.5 Å². The average Bonchev–Trinajstić information content (AvgIpc) is 2.21. The summed E-state index contributed by atoms with van der Waals surface area (Å²) in [7, 11) is 0. The molecule has 0 aromatic heterocycles. The van der Waals surface area contributed by atoms with Crippen LogP contribution in [0.1, 0.15) is 12.5 Å². The van der Waals surface area contributed by atoms with E-state index in [1.165, 1.54) is 6.07 Å². The van der Waals surface area contributed by atoms with Crippen LogP contribution in [0.4, 0.5) is 0 Å². The molecule has 0 amide bonds. The van der Waals surface area contributed by atoms with Crippen LogP contribution in [0.15, 0.2) is 6.07 Å². The van der Waals surface area contributed by atoms with E-state index in [1.807, 2.05) is 6.92 Å². The van der Waals surface area contributed by atoms with Gasteiger partial charge in [-0.2, -0.15) is 0 Å². The van der Waals surface area contributed by atoms with E-state index in [0.29, 0.717) is 37.1 Å². The summed E-state index contributed by atoms with van der Waals surface area (Å²) >= 11 is 28.8. The lowest BCUT2D eigenvalue weighted by atomic mass is 10.0. The highest BCUT2D eigenvalue weighted by Crippen LogP contribution is 2.38. The Balaban J connectivity index is 3.17. The van der Waals surface area contributed by atoms with E-state index >= 15 is 0 Å². The van der Waals surface area contributed by atoms with E-state index < -0.39 is 0 Å². The maximum atomic E-state index is 6.06. The van der Waals surface area contributed by atoms with E-state index in [4.69, 9.17) is 64.4 Å². The molecule has 0 radical (unpaired) electrons. The van der Waals surface area contributed by atoms with E-state index in [0.717, 1.165) is 0 Å². The van der Waals surface area contributed by atoms with E-state index in [2.05, 4.69) is 0 Å². The van der Waals surface area contributed by atoms with Crippen molar-refractivity contribution in [1.29, 1.82) is 0 Å². The van der Waals surface area contributed by atoms with E-state index in [1.54, 1.807) is 0 Å². The van der Waals surface area contributed by atoms with Crippen molar-refractivity contribution < 1.29 is 0 Å². The molecule has 1 aromatic rings. The number of halogens is 4. The Kier molecular flexibility index (Phi) is 5.14. The molecule has 1 nitrogen and oxygen atoms in total. The first-order valence-corrected chi connectivity index (χ1v) is 6.37. The Morgan fingerprint density at radius 3 is 2.06 bits per heavy atom. The first-order valence-electron chi connectivity index (χ1n) is 4.45. The van der Waals surface area contributed by atoms with Gasteiger partial charge < -0.3 is 5.73 Å². The summed E-state index contributed by atoms with van der Waals surface area (Å²) in [6, 6.07) is 1.52. The van der Waals surface area contributed by atoms with Crippen molar-refractivity contribution in [2.24, 2.45) is 11.7 Å². The molecule has 0 aliphatic rings. The predicted molar refractivity (Wildman–Crippen MR) is 76.1 cm³/mol. The van der Waals surface area contributed by atoms with Crippen molar-refractivity contribution in [2.75, 3.05) is 0 Å². The summed E-state index contributed by atoms with van der Waals surface area (Å²) in [5.41, 5.74) is 6.22. The van der Waals surface area contributed by atoms with Crippen molar-refractivity contribution in [1.82, 2.24) is 0 Å². The molecule has 16 heavy (non-hydrogen) atoms. The number of nitrogens with two attached hydrogens (primary N) is 1. The lowest BCUT2D eigenvalue weighted by molar-refractivity contribution is 0.772. The van der Waals surface area contributed by atoms with Gasteiger partial charge in [-0.25, -0.2) is 0 Å². The average molecular weight is 317 g/mol. The highest BCUT2D eigenvalue weighted by Gasteiger charge is 2.17. The van der Waals surface area contributed by atoms with Crippen molar-refractivity contribution in [3.63, 3.8) is 0 Å². The second-order valence-corrected chi connectivity index (χ2v) is 5.50. The standard InChI is InChI=1S/C10H9Cl4NS/c1-4(10(15)16)2-5-8(13)6(11)3-7(12)9(5)14/h3-4H,2H2,1H3,(H2,15,16). The predicted octanol–water partition coefficient (Wildman–Crippen LogP) is 4.76. The van der Waals surface area contributed by atoms with Gasteiger partial charge in [-0.3, -0.25) is 0 Å². The number of benzene rings is 1. The largest absolute Gasteiger partial charge is 0.393 e. The fourth-order valence-electron chi connectivity index (χ4n) is 1.21. The third-order valence-electron chi connectivity index (χ3n) is 2.20. The smallest absolute Gasteiger partial charge is 0.0759 e. The second-order valence-electron chi connectivity index (χ2n) is 3.45. The van der Waals surface area contributed by atoms with Crippen LogP contribution in [0.3, 0.4) is 0 Å². The van der Waals surface area contributed by atoms with Crippen molar-refractivity contribution in [3.8, 4) is 0 Å². The second kappa shape index (κ2) is 5.74. The SMILES string of the molecule is CC(Cc1c(Cl)c(Cl)cc(Cl)c1Cl)C(N)=S. The summed E-state index contributed by atoms with van der Waals surface area (Å²) < 4.78 is 0. The Labute approximate surface area is 120 Å². The Hall–Kier alpha value is 0.270. The number of hydrogen-bond acceptors (Lipinski definition) is 1. The Bertz CT molecular complexity index is 407. The molecule has 2 N–H and O–H groups in total. The van der Waals surface area contributed by atoms with Gasteiger partial charge in [-0.05, 0) is 18.1 Å². The molecule has 88 valence electrons. The number of thiocarbonyl (C=S) groups is 1. The van der Waals surface area contributed by atoms with E-state index in [9.17, 15) is 0 Å². The Morgan fingerprint density at radius 1 is 1.25 bits per heavy atom. The first-order chi connectivity index (χ1) is 7.34. The maximum Gasteiger partial charge on any atom is 0.0759 e. The van der Waals surface area contributed by atoms with Gasteiger partial charge in [0, 0.05) is 5.92 Å². The molecule has 0 spiro atoms. The summed E-state index contributed by atoms with van der Waals surface area (Å²) in [6.07, 6.45) is 0.521. The minimum absolute atomic E-state index is 0.0143. The van der Waals surface area contributed by atoms with E-state index in [-0.39, 0.29) is 5.92 Å². The molecular weight excluding hydrogens is 308 g/mol. The fourth-order valence-corrected chi connectivity index (χ4v) is 2.29. The van der Waals surface area contributed by atoms with Gasteiger partial charge in [0.25, 0.3) is 0 Å². The van der Waals surface area contributed by atoms with Gasteiger partial charge in [0.1, 0.15) is 0 Å². The quantitative estimate of drug-likeness (QED) is 0.642. The zero-order chi connectivity index (χ0) is 12.5. The summed E-state index contributed by atoms with van der Waals surface area (Å²) in [5.74, 6) is -0.0143. The Morgan fingerprint density at radius 2 is 1.69 bits per heavy atom. The lowest BCUT2D eigenvalue weighted by Crippen LogP contribution is -2.20. The summed E-state index contributed by atoms with van der Waals surface area (Å²) in [4.78, 5) is 0.406. The molecular formula is C10H9Cl4NS. The molecule has 0 bridgehead atoms. The highest BCUT2D eigenvalue weighted by molar-refractivity contribution is 7.80. The molecule has 0 saturated heterocycles. The van der Waals surface area contributed by atoms with Crippen LogP contribution >= 0.6 is 58.6 Å². The third kappa shape index (κ3) is 3.14. The third-order valence-corrected chi connectivity index (χ3v) is 4.25. The molecule has 1 aromatic carbocycles. The topological polar surface area (TPSA) is 26.0 Å². The minimum Gasteiger partial charge on any atom is -0.393 e. The van der Waals surface area contributed by atoms with Gasteiger partial charge in [-0.15, -0.1) is 0 Å². The zero-order valence-electron chi connectivity index (χ0n) is 8.36. The molecule has 0 aliphatic heterocycles. The van der Waals surface area contributed by atoms with Crippen LogP contribution in [0.25, 0.3) is 0 Å². The molecule has 0 fully saturated rings. The van der Waals surface area contributed by atoms with Crippen molar-refractivity contribution in [3.05, 3.63) is 31.7 Å². The van der Waals surface area contributed by atoms with Gasteiger partial charge in [0.15, 0.2) is 0 Å². The monoisotopic (exact) mass is 315 g/mol. The fraction of sp³-hybridized carbons (Fsp3) is 0.300. The molecule has 0 saturated carbocycles. The summed E-state index contributed by atoms with van der Waals surface area (Å²) in [6.45, 7) is 1.89. The molecule has 1 unspecified atom stereocenters. The van der Waals surface area contributed by atoms with Crippen LogP contribution in [0.5, 0.6) is 0 Å². The first kappa shape index (κ1) is 14.3. The normalized spacial score (nSPS) is 12.6. The molecule has 0 heterocycles.